The second kappa shape index (κ2) is 6.22. The number of rotatable bonds is 2. The molecule has 4 nitrogen and oxygen atoms in total. The van der Waals surface area contributed by atoms with E-state index in [4.69, 9.17) is 0 Å². The van der Waals surface area contributed by atoms with Gasteiger partial charge in [0.2, 0.25) is 0 Å². The summed E-state index contributed by atoms with van der Waals surface area (Å²) in [5, 5.41) is 3.67. The smallest absolute Gasteiger partial charge is 0.255 e. The van der Waals surface area contributed by atoms with E-state index < -0.39 is 15.9 Å². The fourth-order valence-electron chi connectivity index (χ4n) is 2.77. The maximum Gasteiger partial charge on any atom is 0.255 e. The Bertz CT molecular complexity index is 739. The molecule has 2 heterocycles. The highest BCUT2D eigenvalue weighted by molar-refractivity contribution is 7.91. The van der Waals surface area contributed by atoms with Crippen molar-refractivity contribution in [2.24, 2.45) is 0 Å². The first-order valence-corrected chi connectivity index (χ1v) is 9.92. The number of benzene rings is 1. The molecule has 3 rings (SSSR count). The first-order chi connectivity index (χ1) is 10.6. The molecule has 0 saturated carbocycles. The van der Waals surface area contributed by atoms with Gasteiger partial charge in [0.05, 0.1) is 23.1 Å². The molecular formula is C16H17NO3S2. The molecule has 1 aromatic carbocycles. The summed E-state index contributed by atoms with van der Waals surface area (Å²) < 4.78 is 24.3. The van der Waals surface area contributed by atoms with E-state index >= 15 is 0 Å². The molecular weight excluding hydrogens is 318 g/mol. The van der Waals surface area contributed by atoms with Gasteiger partial charge in [0.1, 0.15) is 0 Å². The van der Waals surface area contributed by atoms with Crippen LogP contribution in [0.5, 0.6) is 0 Å². The molecule has 22 heavy (non-hydrogen) atoms. The van der Waals surface area contributed by atoms with Crippen LogP contribution in [0.3, 0.4) is 0 Å². The van der Waals surface area contributed by atoms with Gasteiger partial charge in [-0.05, 0) is 23.4 Å². The number of nitrogens with zero attached hydrogens (tertiary/aromatic N) is 1. The van der Waals surface area contributed by atoms with E-state index in [1.54, 1.807) is 11.0 Å². The molecule has 1 atom stereocenters. The lowest BCUT2D eigenvalue weighted by Gasteiger charge is -2.29. The van der Waals surface area contributed by atoms with Crippen molar-refractivity contribution in [2.75, 3.05) is 18.1 Å². The molecule has 2 aromatic rings. The Morgan fingerprint density at radius 1 is 1.18 bits per heavy atom. The van der Waals surface area contributed by atoms with Gasteiger partial charge in [0.25, 0.3) is 5.91 Å². The van der Waals surface area contributed by atoms with Crippen molar-refractivity contribution in [3.8, 4) is 0 Å². The van der Waals surface area contributed by atoms with E-state index in [-0.39, 0.29) is 17.4 Å². The molecule has 0 radical (unpaired) electrons. The van der Waals surface area contributed by atoms with Crippen LogP contribution in [0.15, 0.2) is 47.2 Å². The van der Waals surface area contributed by atoms with Crippen LogP contribution in [-0.2, 0) is 9.84 Å². The number of hydrogen-bond donors (Lipinski definition) is 0. The van der Waals surface area contributed by atoms with Crippen molar-refractivity contribution in [1.29, 1.82) is 0 Å². The number of hydrogen-bond acceptors (Lipinski definition) is 4. The predicted molar refractivity (Wildman–Crippen MR) is 87.8 cm³/mol. The van der Waals surface area contributed by atoms with Crippen molar-refractivity contribution in [3.63, 3.8) is 0 Å². The molecule has 1 amide bonds. The maximum absolute atomic E-state index is 12.7. The zero-order valence-electron chi connectivity index (χ0n) is 12.0. The molecule has 6 heteroatoms. The lowest BCUT2D eigenvalue weighted by molar-refractivity contribution is 0.0699. The second-order valence-electron chi connectivity index (χ2n) is 5.40. The first kappa shape index (κ1) is 15.2. The van der Waals surface area contributed by atoms with Crippen molar-refractivity contribution >= 4 is 27.1 Å². The third-order valence-electron chi connectivity index (χ3n) is 3.86. The monoisotopic (exact) mass is 335 g/mol. The summed E-state index contributed by atoms with van der Waals surface area (Å²) >= 11 is 1.47. The highest BCUT2D eigenvalue weighted by Gasteiger charge is 2.33. The summed E-state index contributed by atoms with van der Waals surface area (Å²) in [6.45, 7) is 0.466. The molecule has 0 N–H and O–H groups in total. The molecule has 0 spiro atoms. The Labute approximate surface area is 134 Å². The van der Waals surface area contributed by atoms with Crippen LogP contribution in [0, 0.1) is 0 Å². The minimum absolute atomic E-state index is 0.00705. The van der Waals surface area contributed by atoms with E-state index in [0.29, 0.717) is 18.5 Å². The van der Waals surface area contributed by atoms with E-state index in [0.717, 1.165) is 5.56 Å². The Morgan fingerprint density at radius 3 is 2.64 bits per heavy atom. The lowest BCUT2D eigenvalue weighted by Crippen LogP contribution is -2.36. The normalized spacial score (nSPS) is 21.3. The van der Waals surface area contributed by atoms with Gasteiger partial charge in [-0.25, -0.2) is 8.42 Å². The predicted octanol–water partition coefficient (Wildman–Crippen LogP) is 2.75. The fraction of sp³-hybridized carbons (Fsp3) is 0.312. The molecule has 1 aliphatic heterocycles. The van der Waals surface area contributed by atoms with Crippen LogP contribution in [0.1, 0.15) is 28.4 Å². The summed E-state index contributed by atoms with van der Waals surface area (Å²) in [5.41, 5.74) is 1.50. The van der Waals surface area contributed by atoms with Gasteiger partial charge in [-0.1, -0.05) is 30.3 Å². The van der Waals surface area contributed by atoms with Crippen molar-refractivity contribution in [2.45, 2.75) is 12.5 Å². The van der Waals surface area contributed by atoms with Crippen molar-refractivity contribution in [3.05, 3.63) is 58.3 Å². The molecule has 1 unspecified atom stereocenters. The Morgan fingerprint density at radius 2 is 1.95 bits per heavy atom. The van der Waals surface area contributed by atoms with Crippen LogP contribution >= 0.6 is 11.3 Å². The maximum atomic E-state index is 12.7. The van der Waals surface area contributed by atoms with Gasteiger partial charge < -0.3 is 4.90 Å². The number of sulfone groups is 1. The van der Waals surface area contributed by atoms with Crippen molar-refractivity contribution in [1.82, 2.24) is 4.90 Å². The third-order valence-corrected chi connectivity index (χ3v) is 6.27. The van der Waals surface area contributed by atoms with Gasteiger partial charge in [-0.15, -0.1) is 0 Å². The Hall–Kier alpha value is -1.66. The molecule has 0 aliphatic carbocycles. The quantitative estimate of drug-likeness (QED) is 0.848. The lowest BCUT2D eigenvalue weighted by atomic mass is 10.1. The zero-order chi connectivity index (χ0) is 15.6. The minimum atomic E-state index is -3.14. The standard InChI is InChI=1S/C16H17NO3S2/c18-16(14-7-9-21-11-14)17-8-4-10-22(19,20)12-15(17)13-5-2-1-3-6-13/h1-3,5-7,9,11,15H,4,8,10,12H2. The summed E-state index contributed by atoms with van der Waals surface area (Å²) in [6, 6.07) is 10.8. The van der Waals surface area contributed by atoms with E-state index in [9.17, 15) is 13.2 Å². The van der Waals surface area contributed by atoms with Crippen LogP contribution in [0.25, 0.3) is 0 Å². The zero-order valence-corrected chi connectivity index (χ0v) is 13.6. The largest absolute Gasteiger partial charge is 0.331 e. The Balaban J connectivity index is 1.99. The average Bonchev–Trinajstić information content (AvgIpc) is 2.99. The van der Waals surface area contributed by atoms with Crippen LogP contribution in [-0.4, -0.2) is 37.3 Å². The molecule has 1 aliphatic rings. The number of amides is 1. The van der Waals surface area contributed by atoms with Gasteiger partial charge in [-0.2, -0.15) is 11.3 Å². The first-order valence-electron chi connectivity index (χ1n) is 7.15. The second-order valence-corrected chi connectivity index (χ2v) is 8.41. The van der Waals surface area contributed by atoms with Crippen molar-refractivity contribution < 1.29 is 13.2 Å². The number of carbonyl (C=O) groups excluding carboxylic acids is 1. The molecule has 1 saturated heterocycles. The molecule has 1 aromatic heterocycles. The Kier molecular flexibility index (Phi) is 4.31. The number of carbonyl (C=O) groups is 1. The van der Waals surface area contributed by atoms with Crippen LogP contribution in [0.4, 0.5) is 0 Å². The number of thiophene rings is 1. The molecule has 116 valence electrons. The fourth-order valence-corrected chi connectivity index (χ4v) is 4.99. The van der Waals surface area contributed by atoms with Gasteiger partial charge in [0, 0.05) is 11.9 Å². The molecule has 1 fully saturated rings. The molecule has 0 bridgehead atoms. The van der Waals surface area contributed by atoms with Crippen LogP contribution < -0.4 is 0 Å². The highest BCUT2D eigenvalue weighted by atomic mass is 32.2. The highest BCUT2D eigenvalue weighted by Crippen LogP contribution is 2.28. The van der Waals surface area contributed by atoms with Gasteiger partial charge in [-0.3, -0.25) is 4.79 Å². The average molecular weight is 335 g/mol. The van der Waals surface area contributed by atoms with E-state index in [1.807, 2.05) is 41.1 Å². The minimum Gasteiger partial charge on any atom is -0.331 e. The van der Waals surface area contributed by atoms with Crippen LogP contribution in [0.2, 0.25) is 0 Å². The summed E-state index contributed by atoms with van der Waals surface area (Å²) in [5.74, 6) is 0.0450. The van der Waals surface area contributed by atoms with Gasteiger partial charge >= 0.3 is 0 Å². The summed E-state index contributed by atoms with van der Waals surface area (Å²) in [6.07, 6.45) is 0.488. The topological polar surface area (TPSA) is 54.5 Å². The van der Waals surface area contributed by atoms with E-state index in [2.05, 4.69) is 0 Å². The third kappa shape index (κ3) is 3.23. The van der Waals surface area contributed by atoms with E-state index in [1.165, 1.54) is 11.3 Å². The summed E-state index contributed by atoms with van der Waals surface area (Å²) in [7, 11) is -3.14. The van der Waals surface area contributed by atoms with Gasteiger partial charge in [0.15, 0.2) is 9.84 Å². The summed E-state index contributed by atoms with van der Waals surface area (Å²) in [4.78, 5) is 14.5. The SMILES string of the molecule is O=C(c1ccsc1)N1CCCS(=O)(=O)CC1c1ccccc1.